The molecule has 2 fully saturated rings. The summed E-state index contributed by atoms with van der Waals surface area (Å²) in [6, 6.07) is 3.25. The van der Waals surface area contributed by atoms with Crippen LogP contribution in [0.15, 0.2) is 31.0 Å². The number of halogens is 1. The van der Waals surface area contributed by atoms with E-state index in [4.69, 9.17) is 46.1 Å². The molecule has 1 saturated heterocycles. The van der Waals surface area contributed by atoms with Crippen molar-refractivity contribution in [1.29, 1.82) is 0 Å². The number of nitrogens with two attached hydrogens (primary N) is 2. The van der Waals surface area contributed by atoms with E-state index in [1.54, 1.807) is 12.1 Å². The van der Waals surface area contributed by atoms with Crippen LogP contribution in [0.3, 0.4) is 0 Å². The second kappa shape index (κ2) is 12.9. The molecule has 1 aliphatic heterocycles. The zero-order chi connectivity index (χ0) is 30.9. The Labute approximate surface area is 249 Å². The molecule has 3 aromatic heterocycles. The first-order valence-corrected chi connectivity index (χ1v) is 17.1. The van der Waals surface area contributed by atoms with Gasteiger partial charge in [0.15, 0.2) is 17.7 Å². The zero-order valence-corrected chi connectivity index (χ0v) is 25.3. The number of fused-ring (bicyclic) bond motifs is 1. The lowest BCUT2D eigenvalue weighted by Gasteiger charge is -2.45. The van der Waals surface area contributed by atoms with Crippen LogP contribution in [0.5, 0.6) is 0 Å². The third-order valence-corrected chi connectivity index (χ3v) is 10.1. The summed E-state index contributed by atoms with van der Waals surface area (Å²) in [5.41, 5.74) is 12.5. The van der Waals surface area contributed by atoms with Crippen molar-refractivity contribution >= 4 is 49.2 Å². The van der Waals surface area contributed by atoms with Gasteiger partial charge in [-0.15, -0.1) is 0 Å². The normalized spacial score (nSPS) is 28.3. The molecule has 3 aromatic rings. The topological polar surface area (TPSA) is 229 Å². The van der Waals surface area contributed by atoms with Crippen molar-refractivity contribution in [2.45, 2.75) is 37.3 Å². The number of ether oxygens (including phenoxy) is 1. The highest BCUT2D eigenvalue weighted by atomic mass is 32.5. The molecular weight excluding hydrogens is 631 g/mol. The molecule has 1 amide bonds. The third-order valence-electron chi connectivity index (χ3n) is 7.47. The van der Waals surface area contributed by atoms with Gasteiger partial charge in [-0.05, 0) is 53.7 Å². The SMILES string of the molecule is COP(O)(=S)OC[C@H]1C[C@@H](c2ccnc(C(N)=O)c2)[C@@H]1COP(=O)(O)OC[C@@H]1C[C@@H](F)[C@H](n2cnc3c(N)ncnc32)O1. The zero-order valence-electron chi connectivity index (χ0n) is 22.7. The molecule has 0 aromatic carbocycles. The lowest BCUT2D eigenvalue weighted by atomic mass is 9.63. The average molecular weight is 662 g/mol. The Morgan fingerprint density at radius 3 is 2.70 bits per heavy atom. The third kappa shape index (κ3) is 7.26. The van der Waals surface area contributed by atoms with Gasteiger partial charge in [0.1, 0.15) is 23.7 Å². The largest absolute Gasteiger partial charge is 0.472 e. The van der Waals surface area contributed by atoms with E-state index in [2.05, 4.69) is 19.9 Å². The first kappa shape index (κ1) is 31.9. The smallest absolute Gasteiger partial charge is 0.382 e. The Kier molecular flexibility index (Phi) is 9.54. The molecule has 1 aliphatic carbocycles. The summed E-state index contributed by atoms with van der Waals surface area (Å²) in [5.74, 6) is -1.42. The number of hydrogen-bond acceptors (Lipinski definition) is 13. The van der Waals surface area contributed by atoms with Crippen molar-refractivity contribution in [2.75, 3.05) is 32.7 Å². The fourth-order valence-corrected chi connectivity index (χ4v) is 6.65. The molecule has 20 heteroatoms. The summed E-state index contributed by atoms with van der Waals surface area (Å²) >= 11 is 4.90. The molecule has 6 N–H and O–H groups in total. The number of hydrogen-bond donors (Lipinski definition) is 4. The van der Waals surface area contributed by atoms with Gasteiger partial charge in [0.05, 0.1) is 32.3 Å². The van der Waals surface area contributed by atoms with Gasteiger partial charge >= 0.3 is 14.5 Å². The fourth-order valence-electron chi connectivity index (χ4n) is 5.19. The van der Waals surface area contributed by atoms with E-state index in [-0.39, 0.29) is 48.6 Å². The number of pyridine rings is 1. The maximum absolute atomic E-state index is 14.9. The number of phosphoric acid groups is 1. The Morgan fingerprint density at radius 1 is 1.19 bits per heavy atom. The summed E-state index contributed by atoms with van der Waals surface area (Å²) < 4.78 is 55.5. The second-order valence-electron chi connectivity index (χ2n) is 10.1. The van der Waals surface area contributed by atoms with Gasteiger partial charge in [0.25, 0.3) is 5.91 Å². The number of carbonyl (C=O) groups is 1. The predicted octanol–water partition coefficient (Wildman–Crippen LogP) is 1.96. The van der Waals surface area contributed by atoms with Gasteiger partial charge in [0, 0.05) is 19.7 Å². The highest BCUT2D eigenvalue weighted by molar-refractivity contribution is 8.07. The van der Waals surface area contributed by atoms with Crippen molar-refractivity contribution in [1.82, 2.24) is 24.5 Å². The van der Waals surface area contributed by atoms with E-state index in [1.807, 2.05) is 0 Å². The van der Waals surface area contributed by atoms with Crippen LogP contribution in [-0.4, -0.2) is 79.4 Å². The van der Waals surface area contributed by atoms with Crippen LogP contribution >= 0.6 is 14.5 Å². The molecule has 5 rings (SSSR count). The maximum atomic E-state index is 14.9. The van der Waals surface area contributed by atoms with Crippen LogP contribution in [0.1, 0.15) is 41.0 Å². The first-order valence-electron chi connectivity index (χ1n) is 13.0. The molecule has 0 spiro atoms. The Morgan fingerprint density at radius 2 is 1.95 bits per heavy atom. The number of imidazole rings is 1. The number of carbonyl (C=O) groups excluding carboxylic acids is 1. The number of phosphoric ester groups is 1. The first-order chi connectivity index (χ1) is 20.4. The van der Waals surface area contributed by atoms with Gasteiger partial charge < -0.3 is 35.0 Å². The Bertz CT molecular complexity index is 1580. The van der Waals surface area contributed by atoms with Gasteiger partial charge in [0.2, 0.25) is 0 Å². The van der Waals surface area contributed by atoms with Crippen molar-refractivity contribution in [3.8, 4) is 0 Å². The van der Waals surface area contributed by atoms with E-state index < -0.39 is 51.5 Å². The molecule has 0 bridgehead atoms. The monoisotopic (exact) mass is 661 g/mol. The number of rotatable bonds is 13. The minimum Gasteiger partial charge on any atom is -0.382 e. The number of anilines is 1. The average Bonchev–Trinajstić information content (AvgIpc) is 3.55. The van der Waals surface area contributed by atoms with Crippen molar-refractivity contribution in [3.05, 3.63) is 42.2 Å². The quantitative estimate of drug-likeness (QED) is 0.192. The van der Waals surface area contributed by atoms with Crippen molar-refractivity contribution in [3.63, 3.8) is 0 Å². The number of aromatic nitrogens is 5. The minimum atomic E-state index is -4.62. The molecule has 16 nitrogen and oxygen atoms in total. The van der Waals surface area contributed by atoms with Crippen molar-refractivity contribution in [2.24, 2.45) is 17.6 Å². The fraction of sp³-hybridized carbons (Fsp3) is 0.522. The summed E-state index contributed by atoms with van der Waals surface area (Å²) in [6.45, 7) is -4.10. The number of nitrogens with zero attached hydrogens (tertiary/aromatic N) is 5. The van der Waals surface area contributed by atoms with Crippen LogP contribution in [0.4, 0.5) is 10.2 Å². The van der Waals surface area contributed by atoms with Gasteiger partial charge in [-0.25, -0.2) is 23.9 Å². The van der Waals surface area contributed by atoms with E-state index in [0.29, 0.717) is 11.9 Å². The lowest BCUT2D eigenvalue weighted by Crippen LogP contribution is -2.40. The van der Waals surface area contributed by atoms with Crippen LogP contribution in [-0.2, 0) is 39.2 Å². The summed E-state index contributed by atoms with van der Waals surface area (Å²) in [7, 11) is -3.39. The van der Waals surface area contributed by atoms with E-state index in [0.717, 1.165) is 5.56 Å². The molecule has 43 heavy (non-hydrogen) atoms. The molecule has 2 aliphatic rings. The highest BCUT2D eigenvalue weighted by Crippen LogP contribution is 2.53. The second-order valence-corrected chi connectivity index (χ2v) is 14.5. The van der Waals surface area contributed by atoms with Gasteiger partial charge in [-0.3, -0.25) is 23.4 Å². The molecule has 0 radical (unpaired) electrons. The standard InChI is InChI=1S/C23H30FN7O9P2S/c1-36-42(35,43)39-7-13-4-15(12-2-3-27-18(5-12)21(26)32)16(13)9-38-41(33,34)37-8-14-6-17(24)23(40-14)31-11-30-19-20(25)28-10-29-22(19)31/h2-3,5,10-11,13-17,23H,4,6-9H2,1H3,(H2,26,32)(H,33,34)(H,35,43)(H2,25,28,29)/t13-,14+,15+,16-,17-,23-,42?/m1/s1. The summed E-state index contributed by atoms with van der Waals surface area (Å²) in [5, 5.41) is 0. The molecular formula is C23H30FN7O9P2S. The van der Waals surface area contributed by atoms with Crippen LogP contribution in [0.2, 0.25) is 0 Å². The van der Waals surface area contributed by atoms with Crippen LogP contribution in [0, 0.1) is 11.8 Å². The number of nitrogen functional groups attached to an aromatic ring is 1. The maximum Gasteiger partial charge on any atom is 0.472 e. The van der Waals surface area contributed by atoms with E-state index >= 15 is 0 Å². The molecule has 8 atom stereocenters. The van der Waals surface area contributed by atoms with Crippen LogP contribution in [0.25, 0.3) is 11.2 Å². The highest BCUT2D eigenvalue weighted by Gasteiger charge is 2.45. The van der Waals surface area contributed by atoms with Gasteiger partial charge in [-0.1, -0.05) is 0 Å². The van der Waals surface area contributed by atoms with Crippen LogP contribution < -0.4 is 11.5 Å². The molecule has 2 unspecified atom stereocenters. The van der Waals surface area contributed by atoms with Crippen molar-refractivity contribution < 1.29 is 46.4 Å². The number of amides is 1. The Hall–Kier alpha value is -2.50. The molecule has 4 heterocycles. The summed E-state index contributed by atoms with van der Waals surface area (Å²) in [6.07, 6.45) is 0.952. The summed E-state index contributed by atoms with van der Waals surface area (Å²) in [4.78, 5) is 48.0. The Balaban J connectivity index is 1.20. The van der Waals surface area contributed by atoms with E-state index in [1.165, 1.54) is 30.5 Å². The number of primary amides is 1. The number of alkyl halides is 1. The van der Waals surface area contributed by atoms with E-state index in [9.17, 15) is 23.5 Å². The lowest BCUT2D eigenvalue weighted by molar-refractivity contribution is -0.0383. The molecule has 1 saturated carbocycles. The predicted molar refractivity (Wildman–Crippen MR) is 151 cm³/mol. The minimum absolute atomic E-state index is 0.00514. The van der Waals surface area contributed by atoms with Gasteiger partial charge in [-0.2, -0.15) is 0 Å². The molecule has 234 valence electrons.